The molecule has 0 unspecified atom stereocenters. The lowest BCUT2D eigenvalue weighted by molar-refractivity contribution is -0.137. The molecule has 2 aromatic rings. The molecule has 0 radical (unpaired) electrons. The van der Waals surface area contributed by atoms with E-state index in [1.165, 1.54) is 30.0 Å². The van der Waals surface area contributed by atoms with E-state index in [-0.39, 0.29) is 11.4 Å². The number of halogens is 3. The average molecular weight is 315 g/mol. The molecule has 0 aliphatic carbocycles. The Hall–Kier alpha value is -1.89. The van der Waals surface area contributed by atoms with Crippen molar-refractivity contribution in [1.82, 2.24) is 0 Å². The number of amides is 1. The Morgan fingerprint density at radius 1 is 1.29 bits per heavy atom. The van der Waals surface area contributed by atoms with Gasteiger partial charge in [0, 0.05) is 5.69 Å². The van der Waals surface area contributed by atoms with Crippen LogP contribution in [0.5, 0.6) is 0 Å². The minimum absolute atomic E-state index is 0.0662. The number of nitrogens with one attached hydrogen (secondary N) is 1. The highest BCUT2D eigenvalue weighted by Gasteiger charge is 2.30. The zero-order valence-electron chi connectivity index (χ0n) is 11.0. The number of furan rings is 1. The molecule has 0 saturated carbocycles. The summed E-state index contributed by atoms with van der Waals surface area (Å²) in [5.74, 6) is 0.742. The first-order valence-corrected chi connectivity index (χ1v) is 7.36. The van der Waals surface area contributed by atoms with E-state index >= 15 is 0 Å². The maximum atomic E-state index is 12.6. The molecule has 112 valence electrons. The summed E-state index contributed by atoms with van der Waals surface area (Å²) < 4.78 is 43.0. The molecule has 1 heterocycles. The summed E-state index contributed by atoms with van der Waals surface area (Å²) in [6, 6.07) is 7.60. The van der Waals surface area contributed by atoms with Gasteiger partial charge in [-0.3, -0.25) is 4.79 Å². The van der Waals surface area contributed by atoms with Crippen LogP contribution in [-0.2, 0) is 11.9 Å². The maximum Gasteiger partial charge on any atom is 0.416 e. The molecular weight excluding hydrogens is 303 g/mol. The smallest absolute Gasteiger partial charge is 0.416 e. The van der Waals surface area contributed by atoms with E-state index in [1.807, 2.05) is 6.26 Å². The number of rotatable bonds is 4. The number of hydrogen-bond donors (Lipinski definition) is 1. The Morgan fingerprint density at radius 3 is 2.71 bits per heavy atom. The van der Waals surface area contributed by atoms with Crippen LogP contribution in [0.3, 0.4) is 0 Å². The first-order chi connectivity index (χ1) is 9.90. The van der Waals surface area contributed by atoms with Crippen molar-refractivity contribution in [3.63, 3.8) is 0 Å². The van der Waals surface area contributed by atoms with E-state index in [1.54, 1.807) is 6.07 Å². The van der Waals surface area contributed by atoms with Crippen LogP contribution in [0.15, 0.2) is 40.8 Å². The van der Waals surface area contributed by atoms with Crippen LogP contribution < -0.4 is 5.32 Å². The van der Waals surface area contributed by atoms with Gasteiger partial charge >= 0.3 is 6.18 Å². The third kappa shape index (κ3) is 4.04. The van der Waals surface area contributed by atoms with Crippen molar-refractivity contribution in [1.29, 1.82) is 0 Å². The van der Waals surface area contributed by atoms with Gasteiger partial charge in [-0.15, -0.1) is 0 Å². The van der Waals surface area contributed by atoms with Crippen molar-refractivity contribution in [2.75, 3.05) is 11.6 Å². The van der Waals surface area contributed by atoms with Crippen LogP contribution in [0.4, 0.5) is 18.9 Å². The Bertz CT molecular complexity index is 637. The van der Waals surface area contributed by atoms with Crippen molar-refractivity contribution in [2.45, 2.75) is 11.9 Å². The highest BCUT2D eigenvalue weighted by atomic mass is 32.2. The van der Waals surface area contributed by atoms with Gasteiger partial charge in [0.25, 0.3) is 5.91 Å². The van der Waals surface area contributed by atoms with Gasteiger partial charge in [-0.25, -0.2) is 0 Å². The summed E-state index contributed by atoms with van der Waals surface area (Å²) in [5, 5.41) is 2.39. The van der Waals surface area contributed by atoms with E-state index in [2.05, 4.69) is 5.32 Å². The van der Waals surface area contributed by atoms with E-state index in [9.17, 15) is 18.0 Å². The molecule has 0 fully saturated rings. The lowest BCUT2D eigenvalue weighted by Crippen LogP contribution is -2.12. The summed E-state index contributed by atoms with van der Waals surface area (Å²) in [5.41, 5.74) is -0.750. The molecule has 1 amide bonds. The summed E-state index contributed by atoms with van der Waals surface area (Å²) in [7, 11) is 0. The topological polar surface area (TPSA) is 42.2 Å². The number of carbonyl (C=O) groups excluding carboxylic acids is 1. The van der Waals surface area contributed by atoms with Crippen LogP contribution in [0.1, 0.15) is 21.9 Å². The summed E-state index contributed by atoms with van der Waals surface area (Å²) in [6.07, 6.45) is -2.55. The quantitative estimate of drug-likeness (QED) is 0.908. The predicted octanol–water partition coefficient (Wildman–Crippen LogP) is 4.41. The van der Waals surface area contributed by atoms with Crippen molar-refractivity contribution in [3.8, 4) is 0 Å². The Morgan fingerprint density at radius 2 is 2.05 bits per heavy atom. The Kier molecular flexibility index (Phi) is 4.62. The van der Waals surface area contributed by atoms with E-state index in [0.29, 0.717) is 11.5 Å². The fourth-order valence-corrected chi connectivity index (χ4v) is 2.13. The van der Waals surface area contributed by atoms with E-state index in [4.69, 9.17) is 4.42 Å². The third-order valence-corrected chi connectivity index (χ3v) is 3.19. The fourth-order valence-electron chi connectivity index (χ4n) is 1.69. The molecule has 2 rings (SSSR count). The third-order valence-electron chi connectivity index (χ3n) is 2.62. The number of alkyl halides is 3. The van der Waals surface area contributed by atoms with Gasteiger partial charge in [0.1, 0.15) is 5.76 Å². The van der Waals surface area contributed by atoms with Gasteiger partial charge in [-0.2, -0.15) is 24.9 Å². The van der Waals surface area contributed by atoms with Gasteiger partial charge in [0.05, 0.1) is 11.3 Å². The molecule has 0 atom stereocenters. The molecule has 3 nitrogen and oxygen atoms in total. The van der Waals surface area contributed by atoms with Crippen LogP contribution in [0, 0.1) is 0 Å². The summed E-state index contributed by atoms with van der Waals surface area (Å²) in [6.45, 7) is 0. The molecule has 1 aromatic carbocycles. The van der Waals surface area contributed by atoms with Crippen molar-refractivity contribution < 1.29 is 22.4 Å². The maximum absolute atomic E-state index is 12.6. The number of benzene rings is 1. The average Bonchev–Trinajstić information content (AvgIpc) is 2.87. The molecule has 0 bridgehead atoms. The molecule has 0 aliphatic rings. The molecule has 21 heavy (non-hydrogen) atoms. The minimum Gasteiger partial charge on any atom is -0.455 e. The normalized spacial score (nSPS) is 11.4. The minimum atomic E-state index is -4.45. The number of anilines is 1. The second-order valence-corrected chi connectivity index (χ2v) is 5.10. The molecule has 0 spiro atoms. The first kappa shape index (κ1) is 15.5. The second-order valence-electron chi connectivity index (χ2n) is 4.23. The Labute approximate surface area is 123 Å². The van der Waals surface area contributed by atoms with Gasteiger partial charge in [0.15, 0.2) is 5.76 Å². The van der Waals surface area contributed by atoms with E-state index in [0.717, 1.165) is 12.1 Å². The van der Waals surface area contributed by atoms with Crippen LogP contribution in [0.25, 0.3) is 0 Å². The zero-order chi connectivity index (χ0) is 15.5. The molecular formula is C14H12F3NO2S. The molecule has 7 heteroatoms. The second kappa shape index (κ2) is 6.26. The van der Waals surface area contributed by atoms with Gasteiger partial charge in [-0.1, -0.05) is 6.07 Å². The number of hydrogen-bond acceptors (Lipinski definition) is 3. The van der Waals surface area contributed by atoms with Crippen LogP contribution in [-0.4, -0.2) is 12.2 Å². The van der Waals surface area contributed by atoms with Crippen LogP contribution in [0.2, 0.25) is 0 Å². The van der Waals surface area contributed by atoms with Gasteiger partial charge in [0.2, 0.25) is 0 Å². The first-order valence-electron chi connectivity index (χ1n) is 5.96. The number of thioether (sulfide) groups is 1. The molecule has 1 N–H and O–H groups in total. The predicted molar refractivity (Wildman–Crippen MR) is 75.3 cm³/mol. The van der Waals surface area contributed by atoms with Crippen LogP contribution >= 0.6 is 11.8 Å². The SMILES string of the molecule is CSCc1ccc(C(=O)Nc2cccc(C(F)(F)F)c2)o1. The summed E-state index contributed by atoms with van der Waals surface area (Å²) in [4.78, 5) is 11.9. The monoisotopic (exact) mass is 315 g/mol. The standard InChI is InChI=1S/C14H12F3NO2S/c1-21-8-11-5-6-12(20-11)13(19)18-10-4-2-3-9(7-10)14(15,16)17/h2-7H,8H2,1H3,(H,18,19). The van der Waals surface area contributed by atoms with Crippen molar-refractivity contribution in [3.05, 3.63) is 53.5 Å². The Balaban J connectivity index is 2.12. The van der Waals surface area contributed by atoms with Crippen molar-refractivity contribution >= 4 is 23.4 Å². The van der Waals surface area contributed by atoms with E-state index < -0.39 is 17.6 Å². The fraction of sp³-hybridized carbons (Fsp3) is 0.214. The number of carbonyl (C=O) groups is 1. The lowest BCUT2D eigenvalue weighted by atomic mass is 10.2. The highest BCUT2D eigenvalue weighted by molar-refractivity contribution is 7.97. The van der Waals surface area contributed by atoms with Crippen molar-refractivity contribution in [2.24, 2.45) is 0 Å². The lowest BCUT2D eigenvalue weighted by Gasteiger charge is -2.09. The largest absolute Gasteiger partial charge is 0.455 e. The van der Waals surface area contributed by atoms with Gasteiger partial charge < -0.3 is 9.73 Å². The zero-order valence-corrected chi connectivity index (χ0v) is 11.8. The summed E-state index contributed by atoms with van der Waals surface area (Å²) >= 11 is 1.54. The molecule has 0 saturated heterocycles. The van der Waals surface area contributed by atoms with Gasteiger partial charge in [-0.05, 0) is 36.6 Å². The highest BCUT2D eigenvalue weighted by Crippen LogP contribution is 2.30. The molecule has 0 aliphatic heterocycles. The molecule has 1 aromatic heterocycles.